The van der Waals surface area contributed by atoms with Gasteiger partial charge in [-0.2, -0.15) is 13.7 Å². The molecule has 0 aliphatic carbocycles. The van der Waals surface area contributed by atoms with Crippen LogP contribution in [0.4, 0.5) is 26.3 Å². The molecule has 0 spiro atoms. The largest absolute Gasteiger partial charge is 1.00 e. The number of hydrogen-bond acceptors (Lipinski definition) is 23. The topological polar surface area (TPSA) is 395 Å². The number of aromatic nitrogens is 8. The third-order valence-electron chi connectivity index (χ3n) is 16.3. The number of nitrogens with two attached hydrogens (primary N) is 1. The number of carbonyl (C=O) groups excluding carboxylic acids is 4. The Bertz CT molecular complexity index is 5960. The van der Waals surface area contributed by atoms with E-state index in [0.717, 1.165) is 62.8 Å². The first-order valence-corrected chi connectivity index (χ1v) is 39.6. The van der Waals surface area contributed by atoms with Crippen molar-refractivity contribution in [3.8, 4) is 28.6 Å². The molecule has 14 aromatic rings. The molecule has 7 aromatic heterocycles. The number of benzene rings is 7. The summed E-state index contributed by atoms with van der Waals surface area (Å²) >= 11 is 5.15. The number of aryl methyl sites for hydroxylation is 1. The van der Waals surface area contributed by atoms with Crippen LogP contribution in [0.2, 0.25) is 0 Å². The van der Waals surface area contributed by atoms with Crippen LogP contribution in [0.1, 0.15) is 110 Å². The summed E-state index contributed by atoms with van der Waals surface area (Å²) < 4.78 is 112. The summed E-state index contributed by atoms with van der Waals surface area (Å²) in [5, 5.41) is 49.6. The van der Waals surface area contributed by atoms with Crippen LogP contribution >= 0.6 is 12.2 Å². The van der Waals surface area contributed by atoms with Crippen molar-refractivity contribution in [1.29, 1.82) is 5.26 Å². The van der Waals surface area contributed by atoms with Crippen molar-refractivity contribution in [3.63, 3.8) is 0 Å². The predicted octanol–water partition coefficient (Wildman–Crippen LogP) is 11.4. The second-order valence-electron chi connectivity index (χ2n) is 25.4. The van der Waals surface area contributed by atoms with Crippen LogP contribution in [0, 0.1) is 64.5 Å². The van der Waals surface area contributed by atoms with Gasteiger partial charge < -0.3 is 45.0 Å². The summed E-state index contributed by atoms with van der Waals surface area (Å²) in [4.78, 5) is 76.4. The monoisotopic (exact) mass is 1830 g/mol. The average Bonchev–Trinajstić information content (AvgIpc) is 1.66. The minimum Gasteiger partial charge on any atom is -0.855 e. The quantitative estimate of drug-likeness (QED) is 0.00544. The van der Waals surface area contributed by atoms with Crippen molar-refractivity contribution in [3.05, 3.63) is 429 Å². The van der Waals surface area contributed by atoms with Crippen molar-refractivity contribution in [2.75, 3.05) is 13.2 Å². The van der Waals surface area contributed by atoms with Crippen LogP contribution in [0.15, 0.2) is 332 Å². The Balaban J connectivity index is 0.000000512. The smallest absolute Gasteiger partial charge is 0.855 e. The van der Waals surface area contributed by atoms with E-state index in [4.69, 9.17) is 58.5 Å². The number of oxime groups is 2. The number of esters is 1. The van der Waals surface area contributed by atoms with E-state index in [2.05, 4.69) is 60.9 Å². The number of carboxylic acid groups (broad SMARTS) is 1. The van der Waals surface area contributed by atoms with Crippen LogP contribution < -0.4 is 75.2 Å². The molecular weight excluding hydrogens is 1740 g/mol. The van der Waals surface area contributed by atoms with Crippen LogP contribution in [0.3, 0.4) is 0 Å². The molecule has 14 rings (SSSR count). The molecule has 660 valence electrons. The molecule has 0 radical (unpaired) electrons. The zero-order valence-electron chi connectivity index (χ0n) is 70.5. The third-order valence-corrected chi connectivity index (χ3v) is 17.6. The molecule has 0 saturated carbocycles. The van der Waals surface area contributed by atoms with Gasteiger partial charge in [-0.15, -0.1) is 6.61 Å². The molecule has 7 aromatic carbocycles. The fourth-order valence-electron chi connectivity index (χ4n) is 10.3. The Morgan fingerprint density at radius 2 is 0.823 bits per heavy atom. The van der Waals surface area contributed by atoms with Crippen molar-refractivity contribution in [1.82, 2.24) is 39.9 Å². The minimum absolute atomic E-state index is 0. The number of nitriles is 1. The number of H-pyrrole nitrogens is 2. The van der Waals surface area contributed by atoms with E-state index in [1.165, 1.54) is 109 Å². The number of hydrogen-bond donors (Lipinski definition) is 5. The van der Waals surface area contributed by atoms with Gasteiger partial charge in [-0.05, 0) is 237 Å². The number of aliphatic carboxylic acids is 1. The van der Waals surface area contributed by atoms with E-state index in [0.29, 0.717) is 63.6 Å². The third kappa shape index (κ3) is 42.4. The Hall–Kier alpha value is -13.5. The molecule has 0 amide bonds. The van der Waals surface area contributed by atoms with Gasteiger partial charge in [0, 0.05) is 139 Å². The van der Waals surface area contributed by atoms with Gasteiger partial charge in [0.1, 0.15) is 45.7 Å². The van der Waals surface area contributed by atoms with Crippen LogP contribution in [0.25, 0.3) is 27.4 Å². The maximum Gasteiger partial charge on any atom is 1.00 e. The zero-order valence-corrected chi connectivity index (χ0v) is 76.1. The van der Waals surface area contributed by atoms with E-state index in [1.54, 1.807) is 209 Å². The normalized spacial score (nSPS) is 10.2. The molecule has 0 fully saturated rings. The molecule has 7 heterocycles. The molecule has 1 unspecified atom stereocenters. The van der Waals surface area contributed by atoms with E-state index in [1.807, 2.05) is 25.1 Å². The van der Waals surface area contributed by atoms with Crippen molar-refractivity contribution in [2.45, 2.75) is 71.7 Å². The van der Waals surface area contributed by atoms with Crippen LogP contribution in [-0.4, -0.2) is 107 Å². The molecule has 6 N–H and O–H groups in total. The van der Waals surface area contributed by atoms with Gasteiger partial charge in [-0.1, -0.05) is 90.9 Å². The summed E-state index contributed by atoms with van der Waals surface area (Å²) in [6, 6.07) is 64.2. The molecule has 25 nitrogen and oxygen atoms in total. The van der Waals surface area contributed by atoms with Crippen LogP contribution in [0.5, 0.6) is 0 Å². The number of ketones is 2. The SMILES string of the molecule is C.CC(=O)[O-].CCOC(=O)c1ccncc1.CC[O-].Cc1ccc(S(=O)(=O)O/N=C(\Cc2ccc(F)cc2)c2ccncc2)cc1.Fc1ccc(-c2[nH]c(=S)[nH]c2-c2ccncc2)cc1.N#CC(C(=O)c1ccncc1)c1ccc(F)cc1.NO.O/N=C(\Cc1ccc(F)cc1)c1ccncc1.O=C(Cc1ccc(F)cc1)c1ccncc1.[C-]#[N+]Cc1ccc(F)cc1.[Na+].[Na+]. The van der Waals surface area contributed by atoms with E-state index < -0.39 is 27.8 Å². The first-order chi connectivity index (χ1) is 61.3. The molecular formula is C95H87F6N13Na2O12S2. The number of pyridine rings is 6. The Kier molecular flexibility index (Phi) is 54.9. The summed E-state index contributed by atoms with van der Waals surface area (Å²) in [6.45, 7) is 13.4. The van der Waals surface area contributed by atoms with Gasteiger partial charge in [0.25, 0.3) is 0 Å². The van der Waals surface area contributed by atoms with Crippen molar-refractivity contribution >= 4 is 57.3 Å². The number of Topliss-reactive ketones (excluding diaryl/α,β-unsaturated/α-hetero) is 2. The second kappa shape index (κ2) is 63.4. The molecule has 0 bridgehead atoms. The fourth-order valence-corrected chi connectivity index (χ4v) is 11.2. The maximum absolute atomic E-state index is 13.1. The number of rotatable bonds is 20. The number of aromatic amines is 2. The van der Waals surface area contributed by atoms with Crippen LogP contribution in [-0.2, 0) is 49.7 Å². The minimum atomic E-state index is -4.04. The number of nitrogens with zero attached hydrogens (tertiary/aromatic N) is 10. The van der Waals surface area contributed by atoms with Gasteiger partial charge in [-0.25, -0.2) is 43.6 Å². The average molecular weight is 1830 g/mol. The molecule has 0 saturated heterocycles. The first kappa shape index (κ1) is 113. The van der Waals surface area contributed by atoms with E-state index in [9.17, 15) is 49.1 Å². The van der Waals surface area contributed by atoms with Gasteiger partial charge in [0.15, 0.2) is 16.3 Å². The van der Waals surface area contributed by atoms with E-state index in [-0.39, 0.29) is 138 Å². The van der Waals surface area contributed by atoms with Gasteiger partial charge in [0.05, 0.1) is 41.1 Å². The van der Waals surface area contributed by atoms with Crippen molar-refractivity contribution in [2.24, 2.45) is 16.2 Å². The molecule has 35 heteroatoms. The van der Waals surface area contributed by atoms with Gasteiger partial charge >= 0.3 is 75.2 Å². The standard InChI is InChI=1S/C20H17FN2O3S.C14H10FN3S.C14H9FN2O.C13H11FN2O.C13H10FNO.C8H6FN.C8H9NO2.C2H4O2.C2H5O.CH4.H3NO.2Na/c1-15-2-8-19(9-3-15)27(24,25)26-23-20(17-10-12-22-13-11-17)14-16-4-6-18(21)7-5-16;15-11-3-1-9(2-4-11)12-13(18-14(19)17-12)10-5-7-16-8-6-10;15-12-3-1-10(2-4-12)13(9-16)14(18)11-5-7-17-8-6-11;14-12-3-1-10(2-4-12)9-13(16-17)11-5-7-15-8-6-11;14-12-3-1-10(2-4-12)9-13(16)11-5-7-15-8-6-11;1-10-6-7-2-4-8(9)5-3-7;1-2-11-8(10)7-3-5-9-6-4-7;1-2(3)4;1-2-3;;1-2;;/h2-13H,14H2,1H3;1-8H,(H2,17,18,19);1-8,13H;1-8,17H,9H2;1-8H,9H2;2-5H,6H2;3-6H,2H2,1H3;1H3,(H,3,4);2H2,1H3;1H4;2H,1H2;;/q;;;;;;;;-1;;;2*+1/p-1/b23-20+;;;16-13+;;;;;;;;;. The van der Waals surface area contributed by atoms with Gasteiger partial charge in [0.2, 0.25) is 6.54 Å². The summed E-state index contributed by atoms with van der Waals surface area (Å²) in [7, 11) is -4.04. The van der Waals surface area contributed by atoms with E-state index >= 15 is 0 Å². The number of imidazole rings is 1. The molecule has 1 atom stereocenters. The van der Waals surface area contributed by atoms with Crippen molar-refractivity contribution < 1.29 is 143 Å². The Morgan fingerprint density at radius 3 is 1.19 bits per heavy atom. The molecule has 130 heavy (non-hydrogen) atoms. The summed E-state index contributed by atoms with van der Waals surface area (Å²) in [5.41, 5.74) is 12.3. The van der Waals surface area contributed by atoms with Gasteiger partial charge in [-0.3, -0.25) is 43.8 Å². The summed E-state index contributed by atoms with van der Waals surface area (Å²) in [5.74, 6) is -0.938. The fraction of sp³-hybridized carbons (Fsp3) is 0.126. The number of ether oxygens (including phenoxy) is 1. The molecule has 0 aliphatic heterocycles. The number of halogens is 6. The zero-order chi connectivity index (χ0) is 92.7. The number of carboxylic acids is 1. The Labute approximate surface area is 797 Å². The number of nitrogens with one attached hydrogen (secondary N) is 2. The second-order valence-corrected chi connectivity index (χ2v) is 27.4. The predicted molar refractivity (Wildman–Crippen MR) is 470 cm³/mol. The Morgan fingerprint density at radius 1 is 0.508 bits per heavy atom. The molecule has 0 aliphatic rings. The maximum atomic E-state index is 13.1. The number of carbonyl (C=O) groups is 4. The first-order valence-electron chi connectivity index (χ1n) is 37.8. The summed E-state index contributed by atoms with van der Waals surface area (Å²) in [6.07, 6.45) is 20.1.